The Hall–Kier alpha value is -2.40. The molecule has 2 heteroatoms. The van der Waals surface area contributed by atoms with Gasteiger partial charge >= 0.3 is 0 Å². The molecule has 2 nitrogen and oxygen atoms in total. The molecule has 2 aromatic carbocycles. The van der Waals surface area contributed by atoms with Gasteiger partial charge < -0.3 is 0 Å². The zero-order valence-electron chi connectivity index (χ0n) is 11.8. The van der Waals surface area contributed by atoms with Crippen molar-refractivity contribution in [2.45, 2.75) is 26.7 Å². The number of nitrogens with zero attached hydrogens (tertiary/aromatic N) is 1. The largest absolute Gasteiger partial charge is 0.294 e. The van der Waals surface area contributed by atoms with Gasteiger partial charge in [0.1, 0.15) is 0 Å². The monoisotopic (exact) mass is 263 g/mol. The van der Waals surface area contributed by atoms with E-state index in [1.54, 1.807) is 24.3 Å². The third kappa shape index (κ3) is 3.33. The quantitative estimate of drug-likeness (QED) is 0.782. The van der Waals surface area contributed by atoms with Crippen molar-refractivity contribution in [1.29, 1.82) is 5.26 Å². The van der Waals surface area contributed by atoms with Crippen LogP contribution in [0.1, 0.15) is 39.0 Å². The number of aryl methyl sites for hydroxylation is 3. The summed E-state index contributed by atoms with van der Waals surface area (Å²) in [7, 11) is 0. The first-order valence-corrected chi connectivity index (χ1v) is 6.69. The highest BCUT2D eigenvalue weighted by molar-refractivity contribution is 5.96. The molecule has 0 aliphatic heterocycles. The molecular formula is C18H17NO. The Kier molecular flexibility index (Phi) is 4.32. The highest BCUT2D eigenvalue weighted by atomic mass is 16.1. The van der Waals surface area contributed by atoms with Crippen molar-refractivity contribution in [2.75, 3.05) is 0 Å². The molecule has 0 amide bonds. The van der Waals surface area contributed by atoms with Gasteiger partial charge in [-0.25, -0.2) is 0 Å². The van der Waals surface area contributed by atoms with Crippen molar-refractivity contribution in [3.63, 3.8) is 0 Å². The molecule has 0 bridgehead atoms. The van der Waals surface area contributed by atoms with Crippen LogP contribution in [0.4, 0.5) is 0 Å². The average Bonchev–Trinajstić information content (AvgIpc) is 2.48. The van der Waals surface area contributed by atoms with Crippen molar-refractivity contribution < 1.29 is 4.79 Å². The SMILES string of the molecule is Cc1ccc(C)c(CCC(=O)c2ccc(C#N)cc2)c1. The van der Waals surface area contributed by atoms with E-state index < -0.39 is 0 Å². The Morgan fingerprint density at radius 3 is 2.45 bits per heavy atom. The van der Waals surface area contributed by atoms with Crippen molar-refractivity contribution in [3.8, 4) is 6.07 Å². The minimum atomic E-state index is 0.121. The maximum absolute atomic E-state index is 12.1. The summed E-state index contributed by atoms with van der Waals surface area (Å²) in [6, 6.07) is 15.2. The molecule has 0 aliphatic carbocycles. The maximum Gasteiger partial charge on any atom is 0.163 e. The van der Waals surface area contributed by atoms with Crippen LogP contribution in [0, 0.1) is 25.2 Å². The Balaban J connectivity index is 2.04. The van der Waals surface area contributed by atoms with E-state index in [2.05, 4.69) is 38.1 Å². The molecule has 0 unspecified atom stereocenters. The normalized spacial score (nSPS) is 10.1. The number of carbonyl (C=O) groups is 1. The summed E-state index contributed by atoms with van der Waals surface area (Å²) in [4.78, 5) is 12.1. The van der Waals surface area contributed by atoms with Crippen molar-refractivity contribution in [1.82, 2.24) is 0 Å². The summed E-state index contributed by atoms with van der Waals surface area (Å²) in [6.45, 7) is 4.13. The van der Waals surface area contributed by atoms with Crippen LogP contribution in [0.2, 0.25) is 0 Å². The fourth-order valence-corrected chi connectivity index (χ4v) is 2.19. The third-order valence-corrected chi connectivity index (χ3v) is 3.46. The van der Waals surface area contributed by atoms with Crippen LogP contribution in [0.25, 0.3) is 0 Å². The van der Waals surface area contributed by atoms with Gasteiger partial charge in [0.15, 0.2) is 5.78 Å². The van der Waals surface area contributed by atoms with Crippen molar-refractivity contribution in [2.24, 2.45) is 0 Å². The molecule has 0 fully saturated rings. The fourth-order valence-electron chi connectivity index (χ4n) is 2.19. The first-order valence-electron chi connectivity index (χ1n) is 6.69. The predicted molar refractivity (Wildman–Crippen MR) is 79.7 cm³/mol. The lowest BCUT2D eigenvalue weighted by molar-refractivity contribution is 0.0983. The van der Waals surface area contributed by atoms with Gasteiger partial charge in [0, 0.05) is 12.0 Å². The smallest absolute Gasteiger partial charge is 0.163 e. The van der Waals surface area contributed by atoms with Crippen LogP contribution in [0.3, 0.4) is 0 Å². The summed E-state index contributed by atoms with van der Waals surface area (Å²) in [5, 5.41) is 8.74. The predicted octanol–water partition coefficient (Wildman–Crippen LogP) is 3.99. The standard InChI is InChI=1S/C18H17NO/c1-13-3-4-14(2)17(11-13)9-10-18(20)16-7-5-15(12-19)6-8-16/h3-8,11H,9-10H2,1-2H3. The molecule has 0 saturated carbocycles. The molecule has 0 atom stereocenters. The molecule has 20 heavy (non-hydrogen) atoms. The van der Waals surface area contributed by atoms with Crippen molar-refractivity contribution >= 4 is 5.78 Å². The lowest BCUT2D eigenvalue weighted by atomic mass is 9.98. The highest BCUT2D eigenvalue weighted by Gasteiger charge is 2.07. The number of nitriles is 1. The molecule has 0 heterocycles. The number of hydrogen-bond acceptors (Lipinski definition) is 2. The summed E-state index contributed by atoms with van der Waals surface area (Å²) in [6.07, 6.45) is 1.25. The maximum atomic E-state index is 12.1. The molecule has 100 valence electrons. The fraction of sp³-hybridized carbons (Fsp3) is 0.222. The van der Waals surface area contributed by atoms with Gasteiger partial charge in [0.25, 0.3) is 0 Å². The number of benzene rings is 2. The van der Waals surface area contributed by atoms with Crippen LogP contribution < -0.4 is 0 Å². The van der Waals surface area contributed by atoms with E-state index in [1.165, 1.54) is 16.7 Å². The molecule has 0 N–H and O–H groups in total. The molecule has 2 rings (SSSR count). The number of hydrogen-bond donors (Lipinski definition) is 0. The number of carbonyl (C=O) groups excluding carboxylic acids is 1. The Morgan fingerprint density at radius 2 is 1.80 bits per heavy atom. The minimum absolute atomic E-state index is 0.121. The van der Waals surface area contributed by atoms with Gasteiger partial charge in [0.2, 0.25) is 0 Å². The lowest BCUT2D eigenvalue weighted by Gasteiger charge is -2.07. The Labute approximate surface area is 119 Å². The summed E-state index contributed by atoms with van der Waals surface area (Å²) in [5.74, 6) is 0.121. The second-order valence-corrected chi connectivity index (χ2v) is 5.04. The zero-order chi connectivity index (χ0) is 14.5. The summed E-state index contributed by atoms with van der Waals surface area (Å²) < 4.78 is 0. The van der Waals surface area contributed by atoms with Crippen LogP contribution in [0.15, 0.2) is 42.5 Å². The molecule has 0 aliphatic rings. The zero-order valence-corrected chi connectivity index (χ0v) is 11.8. The van der Waals surface area contributed by atoms with Crippen molar-refractivity contribution in [3.05, 3.63) is 70.3 Å². The van der Waals surface area contributed by atoms with Crippen LogP contribution in [0.5, 0.6) is 0 Å². The van der Waals surface area contributed by atoms with E-state index in [0.717, 1.165) is 6.42 Å². The molecule has 0 aromatic heterocycles. The Morgan fingerprint density at radius 1 is 1.10 bits per heavy atom. The molecule has 0 saturated heterocycles. The van der Waals surface area contributed by atoms with E-state index >= 15 is 0 Å². The van der Waals surface area contributed by atoms with Gasteiger partial charge in [0.05, 0.1) is 11.6 Å². The summed E-state index contributed by atoms with van der Waals surface area (Å²) in [5.41, 5.74) is 4.93. The first-order chi connectivity index (χ1) is 9.60. The van der Waals surface area contributed by atoms with Gasteiger partial charge in [-0.05, 0) is 43.5 Å². The second-order valence-electron chi connectivity index (χ2n) is 5.04. The second kappa shape index (κ2) is 6.16. The first kappa shape index (κ1) is 14.0. The van der Waals surface area contributed by atoms with E-state index in [0.29, 0.717) is 17.5 Å². The number of Topliss-reactive ketones (excluding diaryl/α,β-unsaturated/α-hetero) is 1. The van der Waals surface area contributed by atoms with Crippen LogP contribution in [-0.4, -0.2) is 5.78 Å². The summed E-state index contributed by atoms with van der Waals surface area (Å²) >= 11 is 0. The van der Waals surface area contributed by atoms with E-state index in [1.807, 2.05) is 0 Å². The van der Waals surface area contributed by atoms with Crippen LogP contribution >= 0.6 is 0 Å². The number of rotatable bonds is 4. The highest BCUT2D eigenvalue weighted by Crippen LogP contribution is 2.15. The Bertz CT molecular complexity index is 663. The van der Waals surface area contributed by atoms with Crippen LogP contribution in [-0.2, 0) is 6.42 Å². The van der Waals surface area contributed by atoms with E-state index in [9.17, 15) is 4.79 Å². The minimum Gasteiger partial charge on any atom is -0.294 e. The lowest BCUT2D eigenvalue weighted by Crippen LogP contribution is -2.02. The molecule has 0 spiro atoms. The van der Waals surface area contributed by atoms with E-state index in [-0.39, 0.29) is 5.78 Å². The van der Waals surface area contributed by atoms with Gasteiger partial charge in [-0.2, -0.15) is 5.26 Å². The number of ketones is 1. The van der Waals surface area contributed by atoms with Gasteiger partial charge in [-0.15, -0.1) is 0 Å². The van der Waals surface area contributed by atoms with E-state index in [4.69, 9.17) is 5.26 Å². The average molecular weight is 263 g/mol. The third-order valence-electron chi connectivity index (χ3n) is 3.46. The van der Waals surface area contributed by atoms with Gasteiger partial charge in [-0.1, -0.05) is 35.9 Å². The van der Waals surface area contributed by atoms with Gasteiger partial charge in [-0.3, -0.25) is 4.79 Å². The topological polar surface area (TPSA) is 40.9 Å². The molecule has 2 aromatic rings. The molecular weight excluding hydrogens is 246 g/mol. The molecule has 0 radical (unpaired) electrons.